The van der Waals surface area contributed by atoms with E-state index in [0.29, 0.717) is 11.4 Å². The van der Waals surface area contributed by atoms with Gasteiger partial charge in [-0.15, -0.1) is 11.3 Å². The molecule has 0 fully saturated rings. The van der Waals surface area contributed by atoms with Gasteiger partial charge in [0.05, 0.1) is 9.90 Å². The molecule has 166 valence electrons. The molecule has 0 unspecified atom stereocenters. The number of thiazole rings is 1. The fraction of sp³-hybridized carbons (Fsp3) is 0.545. The first-order chi connectivity index (χ1) is 14.0. The van der Waals surface area contributed by atoms with E-state index in [0.717, 1.165) is 57.8 Å². The maximum atomic E-state index is 12.9. The highest BCUT2D eigenvalue weighted by molar-refractivity contribution is 7.89. The van der Waals surface area contributed by atoms with Crippen LogP contribution in [0.15, 0.2) is 10.3 Å². The minimum absolute atomic E-state index is 0.0808. The molecule has 0 bridgehead atoms. The van der Waals surface area contributed by atoms with Crippen molar-refractivity contribution in [3.05, 3.63) is 43.9 Å². The minimum Gasteiger partial charge on any atom is -0.356 e. The van der Waals surface area contributed by atoms with Gasteiger partial charge in [0.1, 0.15) is 0 Å². The molecule has 0 aliphatic carbocycles. The molecule has 0 aliphatic heterocycles. The molecule has 0 spiro atoms. The molecule has 2 rings (SSSR count). The van der Waals surface area contributed by atoms with Gasteiger partial charge in [-0.05, 0) is 88.6 Å². The van der Waals surface area contributed by atoms with Crippen molar-refractivity contribution in [1.29, 1.82) is 0 Å². The van der Waals surface area contributed by atoms with Crippen molar-refractivity contribution in [2.75, 3.05) is 13.1 Å². The zero-order chi connectivity index (χ0) is 22.5. The molecule has 0 saturated carbocycles. The van der Waals surface area contributed by atoms with Crippen LogP contribution in [0.4, 0.5) is 0 Å². The number of hydrogen-bond acceptors (Lipinski definition) is 5. The zero-order valence-corrected chi connectivity index (χ0v) is 20.4. The molecule has 0 saturated heterocycles. The van der Waals surface area contributed by atoms with Gasteiger partial charge in [-0.2, -0.15) is 0 Å². The van der Waals surface area contributed by atoms with Gasteiger partial charge in [0.25, 0.3) is 0 Å². The second-order valence-corrected chi connectivity index (χ2v) is 10.4. The Morgan fingerprint density at radius 3 is 2.10 bits per heavy atom. The van der Waals surface area contributed by atoms with Crippen molar-refractivity contribution < 1.29 is 13.2 Å². The molecule has 1 amide bonds. The number of aromatic nitrogens is 1. The molecule has 1 aromatic heterocycles. The summed E-state index contributed by atoms with van der Waals surface area (Å²) in [5.41, 5.74) is 5.68. The number of unbranched alkanes of at least 4 members (excludes halogenated alkanes) is 1. The van der Waals surface area contributed by atoms with E-state index in [1.165, 1.54) is 0 Å². The summed E-state index contributed by atoms with van der Waals surface area (Å²) in [6, 6.07) is 0. The maximum absolute atomic E-state index is 12.9. The second kappa shape index (κ2) is 10.5. The van der Waals surface area contributed by atoms with E-state index in [1.807, 2.05) is 46.9 Å². The molecule has 2 aromatic rings. The topological polar surface area (TPSA) is 88.2 Å². The van der Waals surface area contributed by atoms with Crippen LogP contribution in [0, 0.1) is 41.5 Å². The fourth-order valence-corrected chi connectivity index (χ4v) is 5.92. The van der Waals surface area contributed by atoms with Crippen molar-refractivity contribution in [1.82, 2.24) is 15.0 Å². The average molecular weight is 452 g/mol. The number of benzene rings is 1. The van der Waals surface area contributed by atoms with Crippen LogP contribution in [0.5, 0.6) is 0 Å². The van der Waals surface area contributed by atoms with Crippen LogP contribution < -0.4 is 10.0 Å². The van der Waals surface area contributed by atoms with Crippen LogP contribution in [0.3, 0.4) is 0 Å². The van der Waals surface area contributed by atoms with E-state index >= 15 is 0 Å². The monoisotopic (exact) mass is 451 g/mol. The van der Waals surface area contributed by atoms with Crippen LogP contribution in [0.1, 0.15) is 57.8 Å². The smallest absolute Gasteiger partial charge is 0.241 e. The fourth-order valence-electron chi connectivity index (χ4n) is 3.47. The number of carbonyl (C=O) groups is 1. The lowest BCUT2D eigenvalue weighted by Crippen LogP contribution is -2.32. The van der Waals surface area contributed by atoms with E-state index in [4.69, 9.17) is 0 Å². The number of carbonyl (C=O) groups excluding carboxylic acids is 1. The molecule has 30 heavy (non-hydrogen) atoms. The molecule has 0 radical (unpaired) electrons. The third-order valence-electron chi connectivity index (χ3n) is 5.65. The Labute approximate surface area is 184 Å². The van der Waals surface area contributed by atoms with Gasteiger partial charge in [0.15, 0.2) is 0 Å². The first-order valence-corrected chi connectivity index (χ1v) is 12.6. The summed E-state index contributed by atoms with van der Waals surface area (Å²) >= 11 is 1.67. The van der Waals surface area contributed by atoms with Gasteiger partial charge < -0.3 is 5.32 Å². The lowest BCUT2D eigenvalue weighted by molar-refractivity contribution is -0.120. The van der Waals surface area contributed by atoms with Crippen LogP contribution in [-0.2, 0) is 21.2 Å². The second-order valence-electron chi connectivity index (χ2n) is 7.79. The highest BCUT2D eigenvalue weighted by Crippen LogP contribution is 2.29. The van der Waals surface area contributed by atoms with Crippen LogP contribution in [0.2, 0.25) is 0 Å². The van der Waals surface area contributed by atoms with Crippen molar-refractivity contribution in [2.45, 2.75) is 72.1 Å². The average Bonchev–Trinajstić information content (AvgIpc) is 3.09. The standard InChI is InChI=1S/C22H33N3O3S2/c1-14-13-29-21(25-14)9-7-8-11-23-20(26)10-12-24-30(27,28)22-18(5)16(3)15(2)17(4)19(22)6/h13,24H,7-12H2,1-6H3,(H,23,26). The highest BCUT2D eigenvalue weighted by atomic mass is 32.2. The predicted molar refractivity (Wildman–Crippen MR) is 123 cm³/mol. The zero-order valence-electron chi connectivity index (χ0n) is 18.8. The number of nitrogens with one attached hydrogen (secondary N) is 2. The van der Waals surface area contributed by atoms with Crippen molar-refractivity contribution >= 4 is 27.3 Å². The van der Waals surface area contributed by atoms with E-state index < -0.39 is 10.0 Å². The molecule has 8 heteroatoms. The third kappa shape index (κ3) is 6.12. The van der Waals surface area contributed by atoms with Crippen LogP contribution in [0.25, 0.3) is 0 Å². The van der Waals surface area contributed by atoms with E-state index in [2.05, 4.69) is 15.0 Å². The quantitative estimate of drug-likeness (QED) is 0.538. The van der Waals surface area contributed by atoms with Crippen LogP contribution in [-0.4, -0.2) is 32.4 Å². The summed E-state index contributed by atoms with van der Waals surface area (Å²) < 4.78 is 28.3. The molecule has 0 atom stereocenters. The van der Waals surface area contributed by atoms with Crippen molar-refractivity contribution in [2.24, 2.45) is 0 Å². The number of amides is 1. The van der Waals surface area contributed by atoms with E-state index in [1.54, 1.807) is 11.3 Å². The highest BCUT2D eigenvalue weighted by Gasteiger charge is 2.23. The Balaban J connectivity index is 1.79. The predicted octanol–water partition coefficient (Wildman–Crippen LogP) is 3.80. The van der Waals surface area contributed by atoms with Gasteiger partial charge in [-0.25, -0.2) is 18.1 Å². The molecule has 1 aromatic carbocycles. The molecule has 0 aliphatic rings. The maximum Gasteiger partial charge on any atom is 0.241 e. The summed E-state index contributed by atoms with van der Waals surface area (Å²) in [6.07, 6.45) is 2.87. The Morgan fingerprint density at radius 2 is 1.53 bits per heavy atom. The molecule has 1 heterocycles. The Hall–Kier alpha value is -1.77. The lowest BCUT2D eigenvalue weighted by atomic mass is 9.95. The van der Waals surface area contributed by atoms with E-state index in [-0.39, 0.29) is 18.9 Å². The number of hydrogen-bond donors (Lipinski definition) is 2. The van der Waals surface area contributed by atoms with Crippen molar-refractivity contribution in [3.8, 4) is 0 Å². The summed E-state index contributed by atoms with van der Waals surface area (Å²) in [4.78, 5) is 16.8. The Bertz CT molecular complexity index is 982. The number of nitrogens with zero attached hydrogens (tertiary/aromatic N) is 1. The largest absolute Gasteiger partial charge is 0.356 e. The van der Waals surface area contributed by atoms with Gasteiger partial charge in [-0.3, -0.25) is 4.79 Å². The number of aryl methyl sites for hydroxylation is 2. The summed E-state index contributed by atoms with van der Waals surface area (Å²) in [6.45, 7) is 12.2. The van der Waals surface area contributed by atoms with Gasteiger partial charge in [-0.1, -0.05) is 0 Å². The number of sulfonamides is 1. The first kappa shape index (κ1) is 24.5. The lowest BCUT2D eigenvalue weighted by Gasteiger charge is -2.19. The summed E-state index contributed by atoms with van der Waals surface area (Å²) in [5.74, 6) is -0.146. The van der Waals surface area contributed by atoms with Gasteiger partial charge in [0.2, 0.25) is 15.9 Å². The third-order valence-corrected chi connectivity index (χ3v) is 8.41. The van der Waals surface area contributed by atoms with Gasteiger partial charge in [0, 0.05) is 30.6 Å². The van der Waals surface area contributed by atoms with Crippen LogP contribution >= 0.6 is 11.3 Å². The SMILES string of the molecule is Cc1csc(CCCCNC(=O)CCNS(=O)(=O)c2c(C)c(C)c(C)c(C)c2C)n1. The molecular formula is C22H33N3O3S2. The minimum atomic E-state index is -3.67. The molecule has 2 N–H and O–H groups in total. The van der Waals surface area contributed by atoms with Gasteiger partial charge >= 0.3 is 0 Å². The summed E-state index contributed by atoms with van der Waals surface area (Å²) in [7, 11) is -3.67. The summed E-state index contributed by atoms with van der Waals surface area (Å²) in [5, 5.41) is 6.03. The molecule has 6 nitrogen and oxygen atoms in total. The number of rotatable bonds is 10. The normalized spacial score (nSPS) is 11.7. The Morgan fingerprint density at radius 1 is 0.933 bits per heavy atom. The van der Waals surface area contributed by atoms with Crippen molar-refractivity contribution in [3.63, 3.8) is 0 Å². The Kier molecular flexibility index (Phi) is 8.58. The first-order valence-electron chi connectivity index (χ1n) is 10.3. The molecular weight excluding hydrogens is 418 g/mol. The van der Waals surface area contributed by atoms with E-state index in [9.17, 15) is 13.2 Å².